The number of ether oxygens (including phenoxy) is 1. The van der Waals surface area contributed by atoms with Gasteiger partial charge in [0.2, 0.25) is 0 Å². The number of carbonyl (C=O) groups is 2. The lowest BCUT2D eigenvalue weighted by molar-refractivity contribution is 0.0738. The summed E-state index contributed by atoms with van der Waals surface area (Å²) in [4.78, 5) is 36.9. The van der Waals surface area contributed by atoms with Gasteiger partial charge in [0.25, 0.3) is 5.91 Å². The van der Waals surface area contributed by atoms with Crippen LogP contribution in [-0.2, 0) is 0 Å². The van der Waals surface area contributed by atoms with E-state index < -0.39 is 0 Å². The number of carbonyl (C=O) groups excluding carboxylic acids is 2. The molecule has 0 bridgehead atoms. The van der Waals surface area contributed by atoms with E-state index in [0.717, 1.165) is 47.0 Å². The zero-order chi connectivity index (χ0) is 27.7. The molecule has 1 aliphatic carbocycles. The minimum absolute atomic E-state index is 0.0227. The van der Waals surface area contributed by atoms with E-state index in [4.69, 9.17) is 4.74 Å². The van der Waals surface area contributed by atoms with Gasteiger partial charge in [0.15, 0.2) is 0 Å². The van der Waals surface area contributed by atoms with Crippen LogP contribution in [0.15, 0.2) is 36.4 Å². The van der Waals surface area contributed by atoms with Gasteiger partial charge < -0.3 is 19.4 Å². The first-order chi connectivity index (χ1) is 18.6. The molecule has 2 atom stereocenters. The molecule has 8 heteroatoms. The lowest BCUT2D eigenvalue weighted by Crippen LogP contribution is -2.48. The van der Waals surface area contributed by atoms with E-state index in [2.05, 4.69) is 18.7 Å². The van der Waals surface area contributed by atoms with E-state index in [-0.39, 0.29) is 24.0 Å². The number of likely N-dealkylation sites (tertiary alicyclic amines) is 2. The molecule has 2 unspecified atom stereocenters. The highest BCUT2D eigenvalue weighted by atomic mass is 32.1. The van der Waals surface area contributed by atoms with Gasteiger partial charge in [-0.1, -0.05) is 13.8 Å². The van der Waals surface area contributed by atoms with Gasteiger partial charge in [-0.3, -0.25) is 9.69 Å². The highest BCUT2D eigenvalue weighted by Gasteiger charge is 2.38. The number of urea groups is 1. The van der Waals surface area contributed by atoms with Crippen molar-refractivity contribution in [2.24, 2.45) is 5.41 Å². The first kappa shape index (κ1) is 28.0. The van der Waals surface area contributed by atoms with Crippen LogP contribution in [0.25, 0.3) is 10.4 Å². The van der Waals surface area contributed by atoms with Crippen LogP contribution >= 0.6 is 11.3 Å². The van der Waals surface area contributed by atoms with Gasteiger partial charge in [-0.2, -0.15) is 0 Å². The fraction of sp³-hybridized carbons (Fsp3) is 0.613. The normalized spacial score (nSPS) is 23.7. The number of rotatable bonds is 6. The van der Waals surface area contributed by atoms with Crippen LogP contribution in [0.3, 0.4) is 0 Å². The van der Waals surface area contributed by atoms with Crippen LogP contribution in [0, 0.1) is 5.41 Å². The summed E-state index contributed by atoms with van der Waals surface area (Å²) in [5, 5.41) is 0. The number of methoxy groups -OCH3 is 1. The first-order valence-corrected chi connectivity index (χ1v) is 15.2. The maximum atomic E-state index is 13.4. The van der Waals surface area contributed by atoms with Crippen LogP contribution in [0.4, 0.5) is 4.79 Å². The quantitative estimate of drug-likeness (QED) is 0.464. The number of thiophene rings is 1. The molecule has 3 heterocycles. The molecule has 2 aromatic rings. The average molecular weight is 553 g/mol. The largest absolute Gasteiger partial charge is 0.497 e. The monoisotopic (exact) mass is 552 g/mol. The SMILES string of the molecule is COc1ccc(-c2ccc(C(=O)N(C)C3CCN(C(=O)N(C)C4CCN(C5CCC(C)(C)CC5)C4)C3)s2)cc1. The van der Waals surface area contributed by atoms with Crippen LogP contribution in [0.2, 0.25) is 0 Å². The van der Waals surface area contributed by atoms with E-state index in [9.17, 15) is 9.59 Å². The minimum Gasteiger partial charge on any atom is -0.497 e. The maximum Gasteiger partial charge on any atom is 0.320 e. The van der Waals surface area contributed by atoms with Gasteiger partial charge in [0, 0.05) is 57.2 Å². The summed E-state index contributed by atoms with van der Waals surface area (Å²) in [5.41, 5.74) is 1.55. The number of likely N-dealkylation sites (N-methyl/N-ethyl adjacent to an activating group) is 2. The summed E-state index contributed by atoms with van der Waals surface area (Å²) >= 11 is 1.51. The standard InChI is InChI=1S/C31H44N4O3S/c1-31(2)16-12-23(13-17-31)34-18-14-25(20-34)33(4)30(37)35-19-15-24(21-35)32(3)29(36)28-11-10-27(39-28)22-6-8-26(38-5)9-7-22/h6-11,23-25H,12-21H2,1-5H3. The van der Waals surface area contributed by atoms with Crippen LogP contribution in [0.1, 0.15) is 62.0 Å². The maximum absolute atomic E-state index is 13.4. The van der Waals surface area contributed by atoms with Gasteiger partial charge in [-0.05, 0) is 85.9 Å². The van der Waals surface area contributed by atoms with Crippen LogP contribution in [0.5, 0.6) is 5.75 Å². The van der Waals surface area contributed by atoms with Crippen LogP contribution in [-0.4, -0.2) is 97.0 Å². The molecule has 3 amide bonds. The molecule has 2 saturated heterocycles. The Morgan fingerprint density at radius 1 is 0.897 bits per heavy atom. The Bertz CT molecular complexity index is 1150. The van der Waals surface area contributed by atoms with Gasteiger partial charge in [-0.15, -0.1) is 11.3 Å². The van der Waals surface area contributed by atoms with Crippen molar-refractivity contribution in [3.8, 4) is 16.2 Å². The molecular formula is C31H44N4O3S. The third-order valence-electron chi connectivity index (χ3n) is 9.36. The fourth-order valence-electron chi connectivity index (χ4n) is 6.48. The van der Waals surface area contributed by atoms with E-state index in [1.165, 1.54) is 37.0 Å². The molecule has 2 aliphatic heterocycles. The summed E-state index contributed by atoms with van der Waals surface area (Å²) in [6.45, 7) is 8.13. The van der Waals surface area contributed by atoms with E-state index in [0.29, 0.717) is 24.5 Å². The number of hydrogen-bond acceptors (Lipinski definition) is 5. The predicted octanol–water partition coefficient (Wildman–Crippen LogP) is 5.66. The second kappa shape index (κ2) is 11.5. The van der Waals surface area contributed by atoms with E-state index in [1.54, 1.807) is 7.11 Å². The Balaban J connectivity index is 1.13. The summed E-state index contributed by atoms with van der Waals surface area (Å²) < 4.78 is 5.25. The molecule has 212 valence electrons. The van der Waals surface area contributed by atoms with Crippen molar-refractivity contribution in [1.82, 2.24) is 19.6 Å². The highest BCUT2D eigenvalue weighted by Crippen LogP contribution is 2.38. The lowest BCUT2D eigenvalue weighted by atomic mass is 9.75. The Morgan fingerprint density at radius 3 is 2.26 bits per heavy atom. The first-order valence-electron chi connectivity index (χ1n) is 14.4. The van der Waals surface area contributed by atoms with Crippen molar-refractivity contribution in [3.63, 3.8) is 0 Å². The number of amides is 3. The van der Waals surface area contributed by atoms with Gasteiger partial charge in [0.05, 0.1) is 18.0 Å². The van der Waals surface area contributed by atoms with Crippen molar-refractivity contribution in [2.75, 3.05) is 47.4 Å². The van der Waals surface area contributed by atoms with Gasteiger partial charge in [-0.25, -0.2) is 4.79 Å². The zero-order valence-corrected chi connectivity index (χ0v) is 25.0. The summed E-state index contributed by atoms with van der Waals surface area (Å²) in [6, 6.07) is 12.9. The minimum atomic E-state index is 0.0227. The summed E-state index contributed by atoms with van der Waals surface area (Å²) in [6.07, 6.45) is 7.00. The Morgan fingerprint density at radius 2 is 1.56 bits per heavy atom. The zero-order valence-electron chi connectivity index (χ0n) is 24.2. The predicted molar refractivity (Wildman–Crippen MR) is 158 cm³/mol. The third-order valence-corrected chi connectivity index (χ3v) is 10.5. The third kappa shape index (κ3) is 6.12. The smallest absolute Gasteiger partial charge is 0.320 e. The van der Waals surface area contributed by atoms with Crippen molar-refractivity contribution >= 4 is 23.3 Å². The second-order valence-electron chi connectivity index (χ2n) is 12.4. The van der Waals surface area contributed by atoms with Gasteiger partial charge in [0.1, 0.15) is 5.75 Å². The molecule has 1 aromatic heterocycles. The van der Waals surface area contributed by atoms with Crippen molar-refractivity contribution in [1.29, 1.82) is 0 Å². The molecule has 7 nitrogen and oxygen atoms in total. The molecule has 0 spiro atoms. The molecule has 0 N–H and O–H groups in total. The van der Waals surface area contributed by atoms with Gasteiger partial charge >= 0.3 is 6.03 Å². The second-order valence-corrected chi connectivity index (χ2v) is 13.5. The molecule has 39 heavy (non-hydrogen) atoms. The number of benzene rings is 1. The summed E-state index contributed by atoms with van der Waals surface area (Å²) in [5.74, 6) is 0.838. The van der Waals surface area contributed by atoms with Crippen LogP contribution < -0.4 is 4.74 Å². The van der Waals surface area contributed by atoms with Crippen molar-refractivity contribution in [3.05, 3.63) is 41.3 Å². The molecule has 3 fully saturated rings. The van der Waals surface area contributed by atoms with Crippen molar-refractivity contribution < 1.29 is 14.3 Å². The topological polar surface area (TPSA) is 56.3 Å². The number of nitrogens with zero attached hydrogens (tertiary/aromatic N) is 4. The molecule has 3 aliphatic rings. The van der Waals surface area contributed by atoms with Crippen molar-refractivity contribution in [2.45, 2.75) is 70.5 Å². The molecule has 1 aromatic carbocycles. The fourth-order valence-corrected chi connectivity index (χ4v) is 7.47. The Kier molecular flexibility index (Phi) is 8.24. The van der Waals surface area contributed by atoms with E-state index >= 15 is 0 Å². The Labute approximate surface area is 237 Å². The average Bonchev–Trinajstić information content (AvgIpc) is 3.72. The molecule has 5 rings (SSSR count). The lowest BCUT2D eigenvalue weighted by Gasteiger charge is -2.39. The molecule has 1 saturated carbocycles. The highest BCUT2D eigenvalue weighted by molar-refractivity contribution is 7.17. The van der Waals surface area contributed by atoms with E-state index in [1.807, 2.05) is 65.2 Å². The molecular weight excluding hydrogens is 508 g/mol. The number of hydrogen-bond donors (Lipinski definition) is 0. The summed E-state index contributed by atoms with van der Waals surface area (Å²) in [7, 11) is 5.50. The molecule has 0 radical (unpaired) electrons. The Hall–Kier alpha value is -2.58.